The van der Waals surface area contributed by atoms with Crippen molar-refractivity contribution in [3.05, 3.63) is 84.2 Å². The fourth-order valence-corrected chi connectivity index (χ4v) is 4.69. The molecule has 41 heavy (non-hydrogen) atoms. The summed E-state index contributed by atoms with van der Waals surface area (Å²) in [6, 6.07) is 19.8. The maximum absolute atomic E-state index is 12.7. The molecule has 0 atom stereocenters. The molecule has 5 rings (SSSR count). The van der Waals surface area contributed by atoms with Gasteiger partial charge in [-0.1, -0.05) is 24.3 Å². The summed E-state index contributed by atoms with van der Waals surface area (Å²) in [5.74, 6) is 0.753. The van der Waals surface area contributed by atoms with Gasteiger partial charge in [-0.3, -0.25) is 9.69 Å². The van der Waals surface area contributed by atoms with Gasteiger partial charge < -0.3 is 31.3 Å². The quantitative estimate of drug-likeness (QED) is 0.233. The number of nitrogens with two attached hydrogens (primary N) is 1. The Morgan fingerprint density at radius 1 is 0.927 bits per heavy atom. The maximum Gasteiger partial charge on any atom is 0.323 e. The summed E-state index contributed by atoms with van der Waals surface area (Å²) in [4.78, 5) is 37.8. The second kappa shape index (κ2) is 13.1. The molecule has 11 heteroatoms. The van der Waals surface area contributed by atoms with E-state index in [2.05, 4.69) is 42.8 Å². The summed E-state index contributed by atoms with van der Waals surface area (Å²) in [6.07, 6.45) is 1.40. The minimum Gasteiger partial charge on any atom is -0.492 e. The number of urea groups is 1. The molecule has 1 saturated heterocycles. The number of ether oxygens (including phenoxy) is 1. The third kappa shape index (κ3) is 7.47. The molecule has 0 spiro atoms. The fourth-order valence-electron chi connectivity index (χ4n) is 4.69. The first kappa shape index (κ1) is 27.8. The molecule has 212 valence electrons. The zero-order valence-corrected chi connectivity index (χ0v) is 23.0. The van der Waals surface area contributed by atoms with Crippen LogP contribution in [-0.2, 0) is 6.54 Å². The van der Waals surface area contributed by atoms with E-state index in [9.17, 15) is 9.59 Å². The molecule has 11 nitrogen and oxygen atoms in total. The van der Waals surface area contributed by atoms with Gasteiger partial charge in [0.15, 0.2) is 0 Å². The van der Waals surface area contributed by atoms with Crippen molar-refractivity contribution < 1.29 is 14.3 Å². The van der Waals surface area contributed by atoms with Gasteiger partial charge in [0.25, 0.3) is 5.91 Å². The molecule has 1 aromatic heterocycles. The Morgan fingerprint density at radius 3 is 2.44 bits per heavy atom. The number of fused-ring (bicyclic) bond motifs is 1. The van der Waals surface area contributed by atoms with Crippen molar-refractivity contribution in [1.29, 1.82) is 0 Å². The number of amides is 3. The smallest absolute Gasteiger partial charge is 0.323 e. The first-order valence-electron chi connectivity index (χ1n) is 13.5. The van der Waals surface area contributed by atoms with Gasteiger partial charge in [0.05, 0.1) is 11.1 Å². The van der Waals surface area contributed by atoms with Gasteiger partial charge in [0.2, 0.25) is 0 Å². The number of anilines is 3. The molecule has 3 aromatic carbocycles. The number of primary amides is 1. The second-order valence-corrected chi connectivity index (χ2v) is 9.94. The van der Waals surface area contributed by atoms with Crippen molar-refractivity contribution in [3.63, 3.8) is 0 Å². The maximum atomic E-state index is 12.7. The molecule has 1 aliphatic heterocycles. The topological polar surface area (TPSA) is 138 Å². The van der Waals surface area contributed by atoms with Crippen molar-refractivity contribution in [2.24, 2.45) is 5.73 Å². The Bertz CT molecular complexity index is 1520. The van der Waals surface area contributed by atoms with Gasteiger partial charge in [0, 0.05) is 62.1 Å². The molecule has 1 aliphatic rings. The Kier molecular flexibility index (Phi) is 8.87. The number of piperazine rings is 1. The SMILES string of the molecule is CN1CCN(CCOc2cccc(NC(=O)Nc3cccc(CNc4ncnc5c(C(N)=O)cccc45)c3)c2)CC1. The largest absolute Gasteiger partial charge is 0.492 e. The van der Waals surface area contributed by atoms with Gasteiger partial charge in [0.1, 0.15) is 24.5 Å². The summed E-state index contributed by atoms with van der Waals surface area (Å²) >= 11 is 0. The highest BCUT2D eigenvalue weighted by Gasteiger charge is 2.14. The lowest BCUT2D eigenvalue weighted by molar-refractivity contribution is 0.100. The summed E-state index contributed by atoms with van der Waals surface area (Å²) in [5, 5.41) is 9.74. The van der Waals surface area contributed by atoms with E-state index >= 15 is 0 Å². The number of likely N-dealkylation sites (N-methyl/N-ethyl adjacent to an activating group) is 1. The average Bonchev–Trinajstić information content (AvgIpc) is 2.97. The number of benzene rings is 3. The molecular formula is C30H34N8O3. The van der Waals surface area contributed by atoms with E-state index in [1.54, 1.807) is 12.1 Å². The molecule has 2 heterocycles. The van der Waals surface area contributed by atoms with Crippen LogP contribution in [0.1, 0.15) is 15.9 Å². The highest BCUT2D eigenvalue weighted by molar-refractivity contribution is 6.06. The Labute approximate surface area is 238 Å². The number of carbonyl (C=O) groups is 2. The van der Waals surface area contributed by atoms with Crippen molar-refractivity contribution in [3.8, 4) is 5.75 Å². The minimum atomic E-state index is -0.544. The first-order chi connectivity index (χ1) is 19.9. The van der Waals surface area contributed by atoms with Gasteiger partial charge in [-0.15, -0.1) is 0 Å². The molecule has 4 aromatic rings. The monoisotopic (exact) mass is 554 g/mol. The second-order valence-electron chi connectivity index (χ2n) is 9.94. The number of carbonyl (C=O) groups excluding carboxylic acids is 2. The summed E-state index contributed by atoms with van der Waals surface area (Å²) in [6.45, 7) is 6.16. The van der Waals surface area contributed by atoms with Crippen LogP contribution in [0.2, 0.25) is 0 Å². The zero-order valence-electron chi connectivity index (χ0n) is 23.0. The van der Waals surface area contributed by atoms with Crippen LogP contribution in [0.5, 0.6) is 5.75 Å². The Morgan fingerprint density at radius 2 is 1.66 bits per heavy atom. The molecule has 0 radical (unpaired) electrons. The molecule has 0 saturated carbocycles. The number of rotatable bonds is 10. The third-order valence-corrected chi connectivity index (χ3v) is 6.94. The van der Waals surface area contributed by atoms with Gasteiger partial charge in [-0.2, -0.15) is 0 Å². The first-order valence-corrected chi connectivity index (χ1v) is 13.5. The predicted octanol–water partition coefficient (Wildman–Crippen LogP) is 3.61. The number of hydrogen-bond acceptors (Lipinski definition) is 8. The average molecular weight is 555 g/mol. The van der Waals surface area contributed by atoms with E-state index in [0.29, 0.717) is 52.6 Å². The van der Waals surface area contributed by atoms with Crippen LogP contribution < -0.4 is 26.4 Å². The molecule has 0 aliphatic carbocycles. The van der Waals surface area contributed by atoms with E-state index < -0.39 is 5.91 Å². The van der Waals surface area contributed by atoms with E-state index in [4.69, 9.17) is 10.5 Å². The zero-order chi connectivity index (χ0) is 28.6. The van der Waals surface area contributed by atoms with Gasteiger partial charge in [-0.25, -0.2) is 14.8 Å². The lowest BCUT2D eigenvalue weighted by Crippen LogP contribution is -2.45. The van der Waals surface area contributed by atoms with Crippen molar-refractivity contribution >= 4 is 40.0 Å². The van der Waals surface area contributed by atoms with Crippen LogP contribution in [0.15, 0.2) is 73.1 Å². The molecule has 1 fully saturated rings. The molecule has 5 N–H and O–H groups in total. The van der Waals surface area contributed by atoms with Gasteiger partial charge in [-0.05, 0) is 49.0 Å². The van der Waals surface area contributed by atoms with Gasteiger partial charge >= 0.3 is 6.03 Å². The predicted molar refractivity (Wildman–Crippen MR) is 160 cm³/mol. The molecule has 0 bridgehead atoms. The van der Waals surface area contributed by atoms with E-state index in [1.807, 2.05) is 54.6 Å². The molecule has 3 amide bonds. The Hall–Kier alpha value is -4.74. The number of hydrogen-bond donors (Lipinski definition) is 4. The van der Waals surface area contributed by atoms with Crippen LogP contribution in [0.25, 0.3) is 10.9 Å². The third-order valence-electron chi connectivity index (χ3n) is 6.94. The number of para-hydroxylation sites is 1. The van der Waals surface area contributed by atoms with Crippen molar-refractivity contribution in [2.75, 3.05) is 62.3 Å². The van der Waals surface area contributed by atoms with Crippen LogP contribution in [-0.4, -0.2) is 78.1 Å². The van der Waals surface area contributed by atoms with Crippen LogP contribution in [0.4, 0.5) is 22.0 Å². The minimum absolute atomic E-state index is 0.341. The van der Waals surface area contributed by atoms with E-state index in [-0.39, 0.29) is 6.03 Å². The lowest BCUT2D eigenvalue weighted by atomic mass is 10.1. The van der Waals surface area contributed by atoms with Crippen LogP contribution >= 0.6 is 0 Å². The summed E-state index contributed by atoms with van der Waals surface area (Å²) in [5.41, 5.74) is 8.54. The van der Waals surface area contributed by atoms with E-state index in [1.165, 1.54) is 6.33 Å². The number of nitrogens with zero attached hydrogens (tertiary/aromatic N) is 4. The normalized spacial score (nSPS) is 14.0. The number of nitrogens with one attached hydrogen (secondary N) is 3. The van der Waals surface area contributed by atoms with Crippen LogP contribution in [0, 0.1) is 0 Å². The molecular weight excluding hydrogens is 520 g/mol. The van der Waals surface area contributed by atoms with Crippen molar-refractivity contribution in [2.45, 2.75) is 6.54 Å². The van der Waals surface area contributed by atoms with E-state index in [0.717, 1.165) is 38.3 Å². The van der Waals surface area contributed by atoms with Crippen LogP contribution in [0.3, 0.4) is 0 Å². The highest BCUT2D eigenvalue weighted by Crippen LogP contribution is 2.23. The summed E-state index contributed by atoms with van der Waals surface area (Å²) < 4.78 is 5.93. The Balaban J connectivity index is 1.14. The van der Waals surface area contributed by atoms with Crippen molar-refractivity contribution in [1.82, 2.24) is 19.8 Å². The molecule has 0 unspecified atom stereocenters. The number of aromatic nitrogens is 2. The lowest BCUT2D eigenvalue weighted by Gasteiger charge is -2.32. The fraction of sp³-hybridized carbons (Fsp3) is 0.267. The standard InChI is InChI=1S/C30H34N8O3/c1-37-11-13-38(14-12-37)15-16-41-24-8-3-7-23(18-24)36-30(40)35-22-6-2-5-21(17-22)19-32-29-26-10-4-9-25(28(31)39)27(26)33-20-34-29/h2-10,17-18,20H,11-16,19H2,1H3,(H2,31,39)(H,32,33,34)(H2,35,36,40). The highest BCUT2D eigenvalue weighted by atomic mass is 16.5. The summed E-state index contributed by atoms with van der Waals surface area (Å²) in [7, 11) is 2.14.